The van der Waals surface area contributed by atoms with E-state index in [1.807, 2.05) is 7.05 Å². The largest absolute Gasteiger partial charge is 0.356 e. The highest BCUT2D eigenvalue weighted by Gasteiger charge is 2.29. The Morgan fingerprint density at radius 3 is 2.71 bits per heavy atom. The number of halogens is 1. The zero-order valence-electron chi connectivity index (χ0n) is 11.0. The normalized spacial score (nSPS) is 24.2. The van der Waals surface area contributed by atoms with E-state index >= 15 is 0 Å². The summed E-state index contributed by atoms with van der Waals surface area (Å²) >= 11 is 2.06. The highest BCUT2D eigenvalue weighted by molar-refractivity contribution is 14.0. The SMILES string of the molecule is CN=C(NCC1CC1)N1CCSC(C)(C)C1.I. The first-order valence-corrected chi connectivity index (χ1v) is 7.19. The van der Waals surface area contributed by atoms with E-state index in [4.69, 9.17) is 0 Å². The zero-order valence-corrected chi connectivity index (χ0v) is 14.2. The second-order valence-electron chi connectivity index (χ2n) is 5.40. The quantitative estimate of drug-likeness (QED) is 0.460. The summed E-state index contributed by atoms with van der Waals surface area (Å²) in [5, 5.41) is 3.51. The highest BCUT2D eigenvalue weighted by atomic mass is 127. The Labute approximate surface area is 126 Å². The van der Waals surface area contributed by atoms with Crippen LogP contribution in [-0.2, 0) is 0 Å². The standard InChI is InChI=1S/C12H23N3S.HI/c1-12(2)9-15(6-7-16-12)11(13-3)14-8-10-4-5-10;/h10H,4-9H2,1-3H3,(H,13,14);1H. The fourth-order valence-corrected chi connectivity index (χ4v) is 3.20. The van der Waals surface area contributed by atoms with Gasteiger partial charge in [0.05, 0.1) is 0 Å². The van der Waals surface area contributed by atoms with Crippen LogP contribution in [0.25, 0.3) is 0 Å². The minimum Gasteiger partial charge on any atom is -0.356 e. The molecule has 1 saturated carbocycles. The van der Waals surface area contributed by atoms with Crippen molar-refractivity contribution in [2.24, 2.45) is 10.9 Å². The number of aliphatic imine (C=N–C) groups is 1. The van der Waals surface area contributed by atoms with E-state index in [0.29, 0.717) is 4.75 Å². The molecule has 3 nitrogen and oxygen atoms in total. The van der Waals surface area contributed by atoms with Crippen molar-refractivity contribution in [2.75, 3.05) is 32.4 Å². The van der Waals surface area contributed by atoms with Crippen molar-refractivity contribution in [1.29, 1.82) is 0 Å². The lowest BCUT2D eigenvalue weighted by molar-refractivity contribution is 0.375. The lowest BCUT2D eigenvalue weighted by atomic mass is 10.2. The zero-order chi connectivity index (χ0) is 11.6. The number of nitrogens with zero attached hydrogens (tertiary/aromatic N) is 2. The molecule has 1 saturated heterocycles. The van der Waals surface area contributed by atoms with Crippen LogP contribution in [0.4, 0.5) is 0 Å². The Morgan fingerprint density at radius 2 is 2.18 bits per heavy atom. The van der Waals surface area contributed by atoms with Gasteiger partial charge in [0.25, 0.3) is 0 Å². The molecule has 100 valence electrons. The van der Waals surface area contributed by atoms with Crippen LogP contribution in [0.5, 0.6) is 0 Å². The molecule has 0 aromatic rings. The number of nitrogens with one attached hydrogen (secondary N) is 1. The molecule has 17 heavy (non-hydrogen) atoms. The summed E-state index contributed by atoms with van der Waals surface area (Å²) < 4.78 is 0.357. The van der Waals surface area contributed by atoms with Gasteiger partial charge in [0.2, 0.25) is 0 Å². The summed E-state index contributed by atoms with van der Waals surface area (Å²) in [5.74, 6) is 3.21. The van der Waals surface area contributed by atoms with Gasteiger partial charge in [0.15, 0.2) is 5.96 Å². The molecule has 0 radical (unpaired) electrons. The summed E-state index contributed by atoms with van der Waals surface area (Å²) in [4.78, 5) is 6.80. The second-order valence-corrected chi connectivity index (χ2v) is 7.20. The van der Waals surface area contributed by atoms with Crippen LogP contribution in [0.15, 0.2) is 4.99 Å². The number of hydrogen-bond acceptors (Lipinski definition) is 2. The van der Waals surface area contributed by atoms with Gasteiger partial charge in [-0.1, -0.05) is 0 Å². The molecule has 0 atom stereocenters. The molecule has 1 aliphatic heterocycles. The van der Waals surface area contributed by atoms with Crippen LogP contribution in [-0.4, -0.2) is 48.0 Å². The molecule has 0 aromatic heterocycles. The number of thioether (sulfide) groups is 1. The Balaban J connectivity index is 0.00000144. The van der Waals surface area contributed by atoms with E-state index in [1.165, 1.54) is 18.6 Å². The van der Waals surface area contributed by atoms with Gasteiger partial charge in [-0.15, -0.1) is 24.0 Å². The molecule has 1 aliphatic carbocycles. The van der Waals surface area contributed by atoms with Crippen molar-refractivity contribution < 1.29 is 0 Å². The summed E-state index contributed by atoms with van der Waals surface area (Å²) in [7, 11) is 1.89. The molecule has 5 heteroatoms. The van der Waals surface area contributed by atoms with Gasteiger partial charge in [0.1, 0.15) is 0 Å². The fourth-order valence-electron chi connectivity index (χ4n) is 2.09. The molecule has 2 fully saturated rings. The summed E-state index contributed by atoms with van der Waals surface area (Å²) in [6.07, 6.45) is 2.79. The van der Waals surface area contributed by atoms with Gasteiger partial charge >= 0.3 is 0 Å². The van der Waals surface area contributed by atoms with E-state index < -0.39 is 0 Å². The molecule has 1 N–H and O–H groups in total. The number of rotatable bonds is 2. The maximum Gasteiger partial charge on any atom is 0.193 e. The first kappa shape index (κ1) is 15.4. The Hall–Kier alpha value is 0.350. The molecule has 0 amide bonds. The van der Waals surface area contributed by atoms with Crippen molar-refractivity contribution in [2.45, 2.75) is 31.4 Å². The Bertz CT molecular complexity index is 277. The second kappa shape index (κ2) is 6.50. The smallest absolute Gasteiger partial charge is 0.193 e. The van der Waals surface area contributed by atoms with Crippen LogP contribution in [0.3, 0.4) is 0 Å². The predicted octanol–water partition coefficient (Wildman–Crippen LogP) is 2.42. The molecule has 0 bridgehead atoms. The van der Waals surface area contributed by atoms with E-state index in [9.17, 15) is 0 Å². The van der Waals surface area contributed by atoms with Gasteiger partial charge in [-0.2, -0.15) is 11.8 Å². The molecule has 2 rings (SSSR count). The maximum absolute atomic E-state index is 4.40. The molecule has 2 aliphatic rings. The Morgan fingerprint density at radius 1 is 1.47 bits per heavy atom. The first-order valence-electron chi connectivity index (χ1n) is 6.20. The van der Waals surface area contributed by atoms with Gasteiger partial charge in [0, 0.05) is 37.2 Å². The molecular weight excluding hydrogens is 345 g/mol. The topological polar surface area (TPSA) is 27.6 Å². The van der Waals surface area contributed by atoms with Crippen molar-refractivity contribution in [3.63, 3.8) is 0 Å². The lowest BCUT2D eigenvalue weighted by Gasteiger charge is -2.39. The minimum absolute atomic E-state index is 0. The highest BCUT2D eigenvalue weighted by Crippen LogP contribution is 2.30. The molecule has 1 heterocycles. The van der Waals surface area contributed by atoms with Crippen molar-refractivity contribution in [1.82, 2.24) is 10.2 Å². The van der Waals surface area contributed by atoms with Crippen LogP contribution in [0.1, 0.15) is 26.7 Å². The number of guanidine groups is 1. The van der Waals surface area contributed by atoms with Crippen LogP contribution >= 0.6 is 35.7 Å². The lowest BCUT2D eigenvalue weighted by Crippen LogP contribution is -2.51. The van der Waals surface area contributed by atoms with Crippen molar-refractivity contribution >= 4 is 41.7 Å². The minimum atomic E-state index is 0. The average molecular weight is 369 g/mol. The van der Waals surface area contributed by atoms with Crippen LogP contribution < -0.4 is 5.32 Å². The molecular formula is C12H24IN3S. The van der Waals surface area contributed by atoms with Gasteiger partial charge < -0.3 is 10.2 Å². The molecule has 0 unspecified atom stereocenters. The summed E-state index contributed by atoms with van der Waals surface area (Å²) in [6, 6.07) is 0. The fraction of sp³-hybridized carbons (Fsp3) is 0.917. The van der Waals surface area contributed by atoms with Gasteiger partial charge in [-0.25, -0.2) is 0 Å². The average Bonchev–Trinajstić information content (AvgIpc) is 3.01. The molecule has 0 spiro atoms. The third kappa shape index (κ3) is 4.85. The van der Waals surface area contributed by atoms with Crippen LogP contribution in [0, 0.1) is 5.92 Å². The van der Waals surface area contributed by atoms with E-state index in [2.05, 4.69) is 40.8 Å². The predicted molar refractivity (Wildman–Crippen MR) is 87.6 cm³/mol. The van der Waals surface area contributed by atoms with E-state index in [-0.39, 0.29) is 24.0 Å². The third-order valence-electron chi connectivity index (χ3n) is 3.18. The van der Waals surface area contributed by atoms with Crippen LogP contribution in [0.2, 0.25) is 0 Å². The first-order chi connectivity index (χ1) is 7.61. The summed E-state index contributed by atoms with van der Waals surface area (Å²) in [5.41, 5.74) is 0. The van der Waals surface area contributed by atoms with Gasteiger partial charge in [-0.05, 0) is 32.6 Å². The maximum atomic E-state index is 4.40. The molecule has 0 aromatic carbocycles. The summed E-state index contributed by atoms with van der Waals surface area (Å²) in [6.45, 7) is 7.97. The van der Waals surface area contributed by atoms with E-state index in [1.54, 1.807) is 0 Å². The van der Waals surface area contributed by atoms with Crippen molar-refractivity contribution in [3.8, 4) is 0 Å². The number of hydrogen-bond donors (Lipinski definition) is 1. The van der Waals surface area contributed by atoms with Crippen molar-refractivity contribution in [3.05, 3.63) is 0 Å². The van der Waals surface area contributed by atoms with E-state index in [0.717, 1.165) is 31.5 Å². The third-order valence-corrected chi connectivity index (χ3v) is 4.48. The monoisotopic (exact) mass is 369 g/mol. The Kier molecular flexibility index (Phi) is 5.89. The van der Waals surface area contributed by atoms with Gasteiger partial charge in [-0.3, -0.25) is 4.99 Å².